The van der Waals surface area contributed by atoms with Crippen molar-refractivity contribution in [2.75, 3.05) is 32.6 Å². The van der Waals surface area contributed by atoms with E-state index in [1.807, 2.05) is 6.07 Å². The number of hydrogen-bond acceptors (Lipinski definition) is 4. The lowest BCUT2D eigenvalue weighted by Crippen LogP contribution is -2.37. The van der Waals surface area contributed by atoms with Crippen LogP contribution in [-0.2, 0) is 11.2 Å². The van der Waals surface area contributed by atoms with Gasteiger partial charge in [0.1, 0.15) is 17.3 Å². The van der Waals surface area contributed by atoms with Crippen LogP contribution in [0.4, 0.5) is 10.1 Å². The molecule has 1 fully saturated rings. The number of hydrogen-bond donors (Lipinski definition) is 1. The first kappa shape index (κ1) is 19.2. The van der Waals surface area contributed by atoms with E-state index in [0.717, 1.165) is 31.4 Å². The number of amides is 1. The number of methoxy groups -OCH3 is 2. The zero-order valence-electron chi connectivity index (χ0n) is 15.7. The van der Waals surface area contributed by atoms with Gasteiger partial charge in [-0.1, -0.05) is 12.1 Å². The topological polar surface area (TPSA) is 50.8 Å². The molecule has 5 nitrogen and oxygen atoms in total. The fourth-order valence-electron chi connectivity index (χ4n) is 3.55. The summed E-state index contributed by atoms with van der Waals surface area (Å²) >= 11 is 0. The summed E-state index contributed by atoms with van der Waals surface area (Å²) in [6.45, 7) is 1.17. The van der Waals surface area contributed by atoms with Crippen LogP contribution in [0.25, 0.3) is 0 Å². The highest BCUT2D eigenvalue weighted by atomic mass is 19.1. The Hall–Kier alpha value is -2.60. The van der Waals surface area contributed by atoms with Crippen molar-refractivity contribution in [3.8, 4) is 11.5 Å². The van der Waals surface area contributed by atoms with Gasteiger partial charge < -0.3 is 14.8 Å². The number of anilines is 1. The zero-order chi connectivity index (χ0) is 19.2. The lowest BCUT2D eigenvalue weighted by Gasteiger charge is -2.24. The zero-order valence-corrected chi connectivity index (χ0v) is 15.7. The average Bonchev–Trinajstić information content (AvgIpc) is 3.08. The van der Waals surface area contributed by atoms with Crippen LogP contribution in [0.15, 0.2) is 42.5 Å². The van der Waals surface area contributed by atoms with Crippen LogP contribution in [0, 0.1) is 5.82 Å². The number of nitrogens with zero attached hydrogens (tertiary/aromatic N) is 1. The van der Waals surface area contributed by atoms with E-state index in [0.29, 0.717) is 23.7 Å². The lowest BCUT2D eigenvalue weighted by molar-refractivity contribution is -0.117. The van der Waals surface area contributed by atoms with Crippen LogP contribution in [0.3, 0.4) is 0 Å². The summed E-state index contributed by atoms with van der Waals surface area (Å²) in [6.07, 6.45) is 2.80. The van der Waals surface area contributed by atoms with E-state index in [-0.39, 0.29) is 17.8 Å². The van der Waals surface area contributed by atoms with E-state index in [4.69, 9.17) is 9.47 Å². The SMILES string of the molecule is COc1ccc(NC(=O)CN2CCCC2Cc2cccc(F)c2)c(OC)c1. The van der Waals surface area contributed by atoms with Crippen molar-refractivity contribution in [2.24, 2.45) is 0 Å². The first-order valence-electron chi connectivity index (χ1n) is 9.09. The van der Waals surface area contributed by atoms with Crippen LogP contribution in [-0.4, -0.2) is 44.2 Å². The lowest BCUT2D eigenvalue weighted by atomic mass is 10.0. The predicted octanol–water partition coefficient (Wildman–Crippen LogP) is 3.49. The molecule has 0 radical (unpaired) electrons. The number of benzene rings is 2. The Kier molecular flexibility index (Phi) is 6.29. The molecule has 2 aromatic carbocycles. The van der Waals surface area contributed by atoms with Gasteiger partial charge in [-0.25, -0.2) is 4.39 Å². The molecule has 1 amide bonds. The highest BCUT2D eigenvalue weighted by molar-refractivity contribution is 5.93. The Morgan fingerprint density at radius 1 is 1.22 bits per heavy atom. The molecular formula is C21H25FN2O3. The molecule has 0 bridgehead atoms. The van der Waals surface area contributed by atoms with E-state index in [9.17, 15) is 9.18 Å². The summed E-state index contributed by atoms with van der Waals surface area (Å²) in [4.78, 5) is 14.7. The second-order valence-corrected chi connectivity index (χ2v) is 6.71. The van der Waals surface area contributed by atoms with Crippen molar-refractivity contribution < 1.29 is 18.7 Å². The molecule has 1 aliphatic heterocycles. The average molecular weight is 372 g/mol. The van der Waals surface area contributed by atoms with E-state index in [1.54, 1.807) is 44.6 Å². The molecule has 1 heterocycles. The van der Waals surface area contributed by atoms with Crippen molar-refractivity contribution >= 4 is 11.6 Å². The van der Waals surface area contributed by atoms with Gasteiger partial charge in [0.2, 0.25) is 5.91 Å². The highest BCUT2D eigenvalue weighted by Gasteiger charge is 2.26. The minimum atomic E-state index is -0.221. The van der Waals surface area contributed by atoms with Gasteiger partial charge >= 0.3 is 0 Å². The predicted molar refractivity (Wildman–Crippen MR) is 103 cm³/mol. The molecule has 144 valence electrons. The first-order valence-corrected chi connectivity index (χ1v) is 9.09. The third kappa shape index (κ3) is 4.98. The summed E-state index contributed by atoms with van der Waals surface area (Å²) in [5.74, 6) is 0.908. The van der Waals surface area contributed by atoms with Crippen molar-refractivity contribution in [2.45, 2.75) is 25.3 Å². The van der Waals surface area contributed by atoms with Crippen LogP contribution in [0.5, 0.6) is 11.5 Å². The number of rotatable bonds is 7. The van der Waals surface area contributed by atoms with E-state index >= 15 is 0 Å². The maximum atomic E-state index is 13.4. The fraction of sp³-hybridized carbons (Fsp3) is 0.381. The van der Waals surface area contributed by atoms with Crippen LogP contribution in [0.2, 0.25) is 0 Å². The van der Waals surface area contributed by atoms with Crippen molar-refractivity contribution in [1.82, 2.24) is 4.90 Å². The monoisotopic (exact) mass is 372 g/mol. The van der Waals surface area contributed by atoms with Gasteiger partial charge in [-0.15, -0.1) is 0 Å². The number of nitrogens with one attached hydrogen (secondary N) is 1. The molecule has 1 aliphatic rings. The van der Waals surface area contributed by atoms with Gasteiger partial charge in [-0.05, 0) is 55.6 Å². The summed E-state index contributed by atoms with van der Waals surface area (Å²) in [5.41, 5.74) is 1.58. The summed E-state index contributed by atoms with van der Waals surface area (Å²) < 4.78 is 23.9. The molecule has 1 atom stereocenters. The van der Waals surface area contributed by atoms with E-state index in [2.05, 4.69) is 10.2 Å². The summed E-state index contributed by atoms with van der Waals surface area (Å²) in [7, 11) is 3.14. The highest BCUT2D eigenvalue weighted by Crippen LogP contribution is 2.29. The number of ether oxygens (including phenoxy) is 2. The largest absolute Gasteiger partial charge is 0.497 e. The van der Waals surface area contributed by atoms with Crippen molar-refractivity contribution in [1.29, 1.82) is 0 Å². The van der Waals surface area contributed by atoms with Crippen LogP contribution in [0.1, 0.15) is 18.4 Å². The number of halogens is 1. The van der Waals surface area contributed by atoms with Crippen LogP contribution >= 0.6 is 0 Å². The third-order valence-electron chi connectivity index (χ3n) is 4.89. The fourth-order valence-corrected chi connectivity index (χ4v) is 3.55. The number of likely N-dealkylation sites (tertiary alicyclic amines) is 1. The van der Waals surface area contributed by atoms with Gasteiger partial charge in [0.25, 0.3) is 0 Å². The number of carbonyl (C=O) groups excluding carboxylic acids is 1. The molecular weight excluding hydrogens is 347 g/mol. The Labute approximate surface area is 159 Å². The summed E-state index contributed by atoms with van der Waals surface area (Å²) in [6, 6.07) is 12.2. The standard InChI is InChI=1S/C21H25FN2O3/c1-26-18-8-9-19(20(13-18)27-2)23-21(25)14-24-10-4-7-17(24)12-15-5-3-6-16(22)11-15/h3,5-6,8-9,11,13,17H,4,7,10,12,14H2,1-2H3,(H,23,25). The molecule has 6 heteroatoms. The molecule has 0 saturated carbocycles. The second kappa shape index (κ2) is 8.86. The number of carbonyl (C=O) groups is 1. The molecule has 0 aliphatic carbocycles. The van der Waals surface area contributed by atoms with Crippen molar-refractivity contribution in [3.05, 3.63) is 53.8 Å². The first-order chi connectivity index (χ1) is 13.1. The molecule has 1 unspecified atom stereocenters. The minimum absolute atomic E-state index is 0.0930. The third-order valence-corrected chi connectivity index (χ3v) is 4.89. The quantitative estimate of drug-likeness (QED) is 0.808. The smallest absolute Gasteiger partial charge is 0.238 e. The Bertz CT molecular complexity index is 797. The maximum Gasteiger partial charge on any atom is 0.238 e. The Morgan fingerprint density at radius 2 is 2.07 bits per heavy atom. The van der Waals surface area contributed by atoms with Gasteiger partial charge in [-0.2, -0.15) is 0 Å². The summed E-state index contributed by atoms with van der Waals surface area (Å²) in [5, 5.41) is 2.91. The van der Waals surface area contributed by atoms with Crippen LogP contribution < -0.4 is 14.8 Å². The normalized spacial score (nSPS) is 16.9. The molecule has 1 N–H and O–H groups in total. The Balaban J connectivity index is 1.61. The van der Waals surface area contributed by atoms with Gasteiger partial charge in [-0.3, -0.25) is 9.69 Å². The second-order valence-electron chi connectivity index (χ2n) is 6.71. The molecule has 27 heavy (non-hydrogen) atoms. The van der Waals surface area contributed by atoms with E-state index < -0.39 is 0 Å². The van der Waals surface area contributed by atoms with Crippen molar-refractivity contribution in [3.63, 3.8) is 0 Å². The maximum absolute atomic E-state index is 13.4. The van der Waals surface area contributed by atoms with Gasteiger partial charge in [0, 0.05) is 12.1 Å². The minimum Gasteiger partial charge on any atom is -0.497 e. The molecule has 3 rings (SSSR count). The van der Waals surface area contributed by atoms with Gasteiger partial charge in [0.15, 0.2) is 0 Å². The van der Waals surface area contributed by atoms with Gasteiger partial charge in [0.05, 0.1) is 26.5 Å². The molecule has 0 spiro atoms. The molecule has 2 aromatic rings. The Morgan fingerprint density at radius 3 is 2.81 bits per heavy atom. The molecule has 0 aromatic heterocycles. The molecule has 1 saturated heterocycles. The van der Waals surface area contributed by atoms with E-state index in [1.165, 1.54) is 6.07 Å².